The lowest BCUT2D eigenvalue weighted by Crippen LogP contribution is -1.93. The predicted molar refractivity (Wildman–Crippen MR) is 74.3 cm³/mol. The third kappa shape index (κ3) is 3.58. The number of hydrogen-bond acceptors (Lipinski definition) is 0. The topological polar surface area (TPSA) is 0 Å². The van der Waals surface area contributed by atoms with E-state index in [1.54, 1.807) is 6.92 Å². The van der Waals surface area contributed by atoms with Crippen molar-refractivity contribution in [1.29, 1.82) is 0 Å². The highest BCUT2D eigenvalue weighted by atomic mass is 35.5. The van der Waals surface area contributed by atoms with Gasteiger partial charge in [0, 0.05) is 5.02 Å². The van der Waals surface area contributed by atoms with E-state index in [0.29, 0.717) is 5.56 Å². The summed E-state index contributed by atoms with van der Waals surface area (Å²) in [6.07, 6.45) is 3.94. The van der Waals surface area contributed by atoms with Gasteiger partial charge < -0.3 is 0 Å². The van der Waals surface area contributed by atoms with E-state index in [1.807, 2.05) is 36.4 Å². The number of aryl methyl sites for hydroxylation is 1. The number of hydrogen-bond donors (Lipinski definition) is 0. The van der Waals surface area contributed by atoms with Gasteiger partial charge in [0.1, 0.15) is 5.82 Å². The van der Waals surface area contributed by atoms with Crippen LogP contribution in [0, 0.1) is 19.2 Å². The van der Waals surface area contributed by atoms with Crippen molar-refractivity contribution in [2.24, 2.45) is 0 Å². The molecule has 0 N–H and O–H groups in total. The number of rotatable bonds is 4. The van der Waals surface area contributed by atoms with Crippen molar-refractivity contribution in [1.82, 2.24) is 0 Å². The maximum Gasteiger partial charge on any atom is 0.126 e. The van der Waals surface area contributed by atoms with Gasteiger partial charge in [-0.2, -0.15) is 0 Å². The highest BCUT2D eigenvalue weighted by Gasteiger charge is 2.00. The van der Waals surface area contributed by atoms with Gasteiger partial charge in [-0.15, -0.1) is 0 Å². The molecule has 0 aromatic heterocycles. The van der Waals surface area contributed by atoms with Crippen LogP contribution < -0.4 is 0 Å². The molecule has 0 spiro atoms. The molecule has 0 heterocycles. The van der Waals surface area contributed by atoms with Gasteiger partial charge in [0.2, 0.25) is 0 Å². The Balaban J connectivity index is 1.88. The summed E-state index contributed by atoms with van der Waals surface area (Å²) in [5, 5.41) is 0.757. The smallest absolute Gasteiger partial charge is 0.126 e. The fourth-order valence-corrected chi connectivity index (χ4v) is 1.99. The van der Waals surface area contributed by atoms with Gasteiger partial charge in [0.25, 0.3) is 0 Å². The molecular weight excluding hydrogens is 247 g/mol. The van der Waals surface area contributed by atoms with Crippen molar-refractivity contribution >= 4 is 11.6 Å². The van der Waals surface area contributed by atoms with E-state index in [4.69, 9.17) is 11.6 Å². The lowest BCUT2D eigenvalue weighted by Gasteiger charge is -2.04. The van der Waals surface area contributed by atoms with Crippen molar-refractivity contribution in [3.63, 3.8) is 0 Å². The van der Waals surface area contributed by atoms with E-state index in [9.17, 15) is 4.39 Å². The van der Waals surface area contributed by atoms with Crippen LogP contribution in [0.2, 0.25) is 5.02 Å². The zero-order valence-corrected chi connectivity index (χ0v) is 11.0. The Bertz CT molecular complexity index is 517. The highest BCUT2D eigenvalue weighted by Crippen LogP contribution is 2.14. The van der Waals surface area contributed by atoms with Crippen molar-refractivity contribution in [3.8, 4) is 0 Å². The lowest BCUT2D eigenvalue weighted by atomic mass is 10.0. The summed E-state index contributed by atoms with van der Waals surface area (Å²) in [6, 6.07) is 13.1. The summed E-state index contributed by atoms with van der Waals surface area (Å²) in [7, 11) is 0. The Morgan fingerprint density at radius 1 is 1.00 bits per heavy atom. The minimum absolute atomic E-state index is 0.142. The molecule has 0 unspecified atom stereocenters. The average molecular weight is 262 g/mol. The first-order valence-electron chi connectivity index (χ1n) is 5.96. The van der Waals surface area contributed by atoms with Gasteiger partial charge in [0.15, 0.2) is 0 Å². The van der Waals surface area contributed by atoms with E-state index in [-0.39, 0.29) is 5.82 Å². The molecule has 0 atom stereocenters. The molecule has 2 aromatic carbocycles. The van der Waals surface area contributed by atoms with Crippen LogP contribution in [-0.4, -0.2) is 0 Å². The molecule has 0 fully saturated rings. The lowest BCUT2D eigenvalue weighted by molar-refractivity contribution is 0.617. The summed E-state index contributed by atoms with van der Waals surface area (Å²) < 4.78 is 13.1. The summed E-state index contributed by atoms with van der Waals surface area (Å²) in [6.45, 7) is 1.79. The van der Waals surface area contributed by atoms with Crippen molar-refractivity contribution in [2.75, 3.05) is 0 Å². The normalized spacial score (nSPS) is 10.6. The molecule has 18 heavy (non-hydrogen) atoms. The first kappa shape index (κ1) is 13.1. The van der Waals surface area contributed by atoms with Crippen LogP contribution in [-0.2, 0) is 12.8 Å². The van der Waals surface area contributed by atoms with E-state index in [2.05, 4.69) is 6.42 Å². The fourth-order valence-electron chi connectivity index (χ4n) is 1.86. The van der Waals surface area contributed by atoms with Gasteiger partial charge in [-0.3, -0.25) is 0 Å². The Hall–Kier alpha value is -1.34. The summed E-state index contributed by atoms with van der Waals surface area (Å²) >= 11 is 5.83. The van der Waals surface area contributed by atoms with Crippen LogP contribution in [0.15, 0.2) is 42.5 Å². The van der Waals surface area contributed by atoms with Crippen molar-refractivity contribution < 1.29 is 4.39 Å². The predicted octanol–water partition coefficient (Wildman–Crippen LogP) is 4.78. The van der Waals surface area contributed by atoms with E-state index in [0.717, 1.165) is 23.4 Å². The molecule has 2 aromatic rings. The zero-order chi connectivity index (χ0) is 13.0. The zero-order valence-electron chi connectivity index (χ0n) is 10.3. The Morgan fingerprint density at radius 3 is 2.28 bits per heavy atom. The second-order valence-electron chi connectivity index (χ2n) is 4.41. The largest absolute Gasteiger partial charge is 0.207 e. The molecular formula is C16H15ClF. The molecule has 0 bridgehead atoms. The summed E-state index contributed by atoms with van der Waals surface area (Å²) in [5.41, 5.74) is 3.08. The first-order chi connectivity index (χ1) is 8.65. The second-order valence-corrected chi connectivity index (χ2v) is 4.84. The van der Waals surface area contributed by atoms with Crippen LogP contribution in [0.25, 0.3) is 0 Å². The third-order valence-electron chi connectivity index (χ3n) is 2.90. The maximum atomic E-state index is 13.1. The van der Waals surface area contributed by atoms with Gasteiger partial charge in [-0.05, 0) is 61.1 Å². The van der Waals surface area contributed by atoms with Gasteiger partial charge in [-0.1, -0.05) is 35.9 Å². The Labute approximate surface area is 112 Å². The quantitative estimate of drug-likeness (QED) is 0.743. The molecule has 0 aliphatic carbocycles. The standard InChI is InChI=1S/C16H15ClF/c1-12-11-14(7-10-16(12)18)4-2-3-13-5-8-15(17)9-6-13/h2,5-11H,3-4H2,1H3. The minimum Gasteiger partial charge on any atom is -0.207 e. The van der Waals surface area contributed by atoms with E-state index in [1.165, 1.54) is 11.6 Å². The van der Waals surface area contributed by atoms with Crippen molar-refractivity contribution in [2.45, 2.75) is 19.8 Å². The van der Waals surface area contributed by atoms with Crippen LogP contribution in [0.3, 0.4) is 0 Å². The second kappa shape index (κ2) is 6.01. The third-order valence-corrected chi connectivity index (χ3v) is 3.15. The van der Waals surface area contributed by atoms with Crippen LogP contribution in [0.5, 0.6) is 0 Å². The molecule has 0 aliphatic rings. The van der Waals surface area contributed by atoms with Gasteiger partial charge in [-0.25, -0.2) is 4.39 Å². The maximum absolute atomic E-state index is 13.1. The SMILES string of the molecule is Cc1cc(C[CH]Cc2ccc(Cl)cc2)ccc1F. The van der Waals surface area contributed by atoms with Gasteiger partial charge >= 0.3 is 0 Å². The highest BCUT2D eigenvalue weighted by molar-refractivity contribution is 6.30. The molecule has 93 valence electrons. The molecule has 0 aliphatic heterocycles. The van der Waals surface area contributed by atoms with Gasteiger partial charge in [0.05, 0.1) is 0 Å². The molecule has 1 radical (unpaired) electrons. The summed E-state index contributed by atoms with van der Waals surface area (Å²) in [4.78, 5) is 0. The average Bonchev–Trinajstić information content (AvgIpc) is 2.36. The molecule has 0 saturated carbocycles. The molecule has 0 amide bonds. The van der Waals surface area contributed by atoms with E-state index < -0.39 is 0 Å². The minimum atomic E-state index is -0.142. The van der Waals surface area contributed by atoms with Crippen LogP contribution in [0.4, 0.5) is 4.39 Å². The molecule has 2 heteroatoms. The van der Waals surface area contributed by atoms with Crippen LogP contribution >= 0.6 is 11.6 Å². The number of benzene rings is 2. The Morgan fingerprint density at radius 2 is 1.61 bits per heavy atom. The van der Waals surface area contributed by atoms with E-state index >= 15 is 0 Å². The fraction of sp³-hybridized carbons (Fsp3) is 0.188. The van der Waals surface area contributed by atoms with Crippen molar-refractivity contribution in [3.05, 3.63) is 76.4 Å². The summed E-state index contributed by atoms with van der Waals surface area (Å²) in [5.74, 6) is -0.142. The molecule has 2 rings (SSSR count). The monoisotopic (exact) mass is 261 g/mol. The first-order valence-corrected chi connectivity index (χ1v) is 6.34. The number of halogens is 2. The molecule has 0 saturated heterocycles. The Kier molecular flexibility index (Phi) is 4.38. The van der Waals surface area contributed by atoms with Crippen LogP contribution in [0.1, 0.15) is 16.7 Å². The molecule has 0 nitrogen and oxygen atoms in total.